The molecule has 5 nitrogen and oxygen atoms in total. The molecule has 0 amide bonds. The van der Waals surface area contributed by atoms with Crippen molar-refractivity contribution in [3.05, 3.63) is 60.3 Å². The highest BCUT2D eigenvalue weighted by molar-refractivity contribution is 5.70. The number of hydrogen-bond donors (Lipinski definition) is 0. The van der Waals surface area contributed by atoms with Crippen LogP contribution in [0.1, 0.15) is 11.1 Å². The fraction of sp³-hybridized carbons (Fsp3) is 0.235. The van der Waals surface area contributed by atoms with Crippen LogP contribution in [-0.2, 0) is 6.54 Å². The van der Waals surface area contributed by atoms with Crippen LogP contribution in [0.5, 0.6) is 0 Å². The van der Waals surface area contributed by atoms with Gasteiger partial charge in [0.25, 0.3) is 0 Å². The zero-order chi connectivity index (χ0) is 15.5. The Balaban J connectivity index is 2.03. The number of nitrogens with zero attached hydrogens (tertiary/aromatic N) is 5. The fourth-order valence-corrected chi connectivity index (χ4v) is 2.54. The summed E-state index contributed by atoms with van der Waals surface area (Å²) >= 11 is 0. The summed E-state index contributed by atoms with van der Waals surface area (Å²) in [5.74, 6) is 0.830. The van der Waals surface area contributed by atoms with Gasteiger partial charge in [-0.3, -0.25) is 4.57 Å². The summed E-state index contributed by atoms with van der Waals surface area (Å²) in [4.78, 5) is 6.72. The van der Waals surface area contributed by atoms with E-state index in [1.165, 1.54) is 16.7 Å². The van der Waals surface area contributed by atoms with Crippen molar-refractivity contribution < 1.29 is 0 Å². The molecule has 2 heterocycles. The van der Waals surface area contributed by atoms with Crippen LogP contribution >= 0.6 is 0 Å². The monoisotopic (exact) mass is 293 g/mol. The highest BCUT2D eigenvalue weighted by Gasteiger charge is 2.10. The Kier molecular flexibility index (Phi) is 3.98. The summed E-state index contributed by atoms with van der Waals surface area (Å²) in [6, 6.07) is 10.5. The molecule has 0 aliphatic carbocycles. The second kappa shape index (κ2) is 6.07. The van der Waals surface area contributed by atoms with E-state index in [1.807, 2.05) is 10.8 Å². The molecule has 0 bridgehead atoms. The minimum absolute atomic E-state index is 0.830. The lowest BCUT2D eigenvalue weighted by Gasteiger charge is -2.16. The van der Waals surface area contributed by atoms with Crippen molar-refractivity contribution in [2.24, 2.45) is 0 Å². The molecule has 0 atom stereocenters. The van der Waals surface area contributed by atoms with Crippen molar-refractivity contribution in [2.75, 3.05) is 14.1 Å². The molecular weight excluding hydrogens is 274 g/mol. The summed E-state index contributed by atoms with van der Waals surface area (Å²) < 4.78 is 1.81. The van der Waals surface area contributed by atoms with Gasteiger partial charge < -0.3 is 4.90 Å². The predicted octanol–water partition coefficient (Wildman–Crippen LogP) is 2.70. The molecule has 112 valence electrons. The molecule has 0 aliphatic heterocycles. The SMILES string of the molecule is Cc1cc(-n2cnnc2)ncc1-c1ccccc1CN(C)C. The van der Waals surface area contributed by atoms with Crippen LogP contribution in [0.3, 0.4) is 0 Å². The van der Waals surface area contributed by atoms with Crippen LogP contribution in [0, 0.1) is 6.92 Å². The molecule has 0 saturated heterocycles. The minimum atomic E-state index is 0.830. The third-order valence-electron chi connectivity index (χ3n) is 3.57. The van der Waals surface area contributed by atoms with Gasteiger partial charge in [-0.1, -0.05) is 24.3 Å². The molecule has 0 saturated carbocycles. The number of rotatable bonds is 4. The largest absolute Gasteiger partial charge is 0.305 e. The second-order valence-electron chi connectivity index (χ2n) is 5.62. The normalized spacial score (nSPS) is 11.1. The van der Waals surface area contributed by atoms with E-state index in [1.54, 1.807) is 12.7 Å². The van der Waals surface area contributed by atoms with Gasteiger partial charge in [0, 0.05) is 18.3 Å². The highest BCUT2D eigenvalue weighted by atomic mass is 15.2. The minimum Gasteiger partial charge on any atom is -0.305 e. The van der Waals surface area contributed by atoms with Crippen molar-refractivity contribution in [3.8, 4) is 16.9 Å². The molecule has 0 spiro atoms. The van der Waals surface area contributed by atoms with Crippen molar-refractivity contribution >= 4 is 0 Å². The number of pyridine rings is 1. The smallest absolute Gasteiger partial charge is 0.139 e. The van der Waals surface area contributed by atoms with Gasteiger partial charge in [0.2, 0.25) is 0 Å². The number of aromatic nitrogens is 4. The van der Waals surface area contributed by atoms with Gasteiger partial charge >= 0.3 is 0 Å². The Labute approximate surface area is 130 Å². The zero-order valence-electron chi connectivity index (χ0n) is 13.1. The molecule has 0 N–H and O–H groups in total. The molecular formula is C17H19N5. The summed E-state index contributed by atoms with van der Waals surface area (Å²) in [5.41, 5.74) is 4.88. The molecule has 0 radical (unpaired) electrons. The lowest BCUT2D eigenvalue weighted by molar-refractivity contribution is 0.403. The molecule has 3 aromatic rings. The number of hydrogen-bond acceptors (Lipinski definition) is 4. The van der Waals surface area contributed by atoms with Crippen molar-refractivity contribution in [1.29, 1.82) is 0 Å². The molecule has 0 fully saturated rings. The third kappa shape index (κ3) is 2.89. The third-order valence-corrected chi connectivity index (χ3v) is 3.57. The van der Waals surface area contributed by atoms with Gasteiger partial charge in [-0.2, -0.15) is 0 Å². The maximum absolute atomic E-state index is 4.55. The molecule has 22 heavy (non-hydrogen) atoms. The lowest BCUT2D eigenvalue weighted by Crippen LogP contribution is -2.11. The maximum atomic E-state index is 4.55. The fourth-order valence-electron chi connectivity index (χ4n) is 2.54. The average Bonchev–Trinajstić information content (AvgIpc) is 3.02. The van der Waals surface area contributed by atoms with Crippen molar-refractivity contribution in [1.82, 2.24) is 24.6 Å². The first kappa shape index (κ1) is 14.4. The molecule has 5 heteroatoms. The van der Waals surface area contributed by atoms with Crippen LogP contribution < -0.4 is 0 Å². The highest BCUT2D eigenvalue weighted by Crippen LogP contribution is 2.27. The van der Waals surface area contributed by atoms with E-state index in [-0.39, 0.29) is 0 Å². The Bertz CT molecular complexity index is 762. The standard InChI is InChI=1S/C17H19N5/c1-13-8-17(22-11-19-20-12-22)18-9-16(13)15-7-5-4-6-14(15)10-21(2)3/h4-9,11-12H,10H2,1-3H3. The molecule has 0 aliphatic rings. The Morgan fingerprint density at radius 1 is 1.05 bits per heavy atom. The van der Waals surface area contributed by atoms with Crippen LogP contribution in [0.2, 0.25) is 0 Å². The lowest BCUT2D eigenvalue weighted by atomic mass is 9.97. The first-order chi connectivity index (χ1) is 10.6. The van der Waals surface area contributed by atoms with Gasteiger partial charge in [0.05, 0.1) is 0 Å². The van der Waals surface area contributed by atoms with Gasteiger partial charge in [-0.15, -0.1) is 10.2 Å². The predicted molar refractivity (Wildman–Crippen MR) is 86.7 cm³/mol. The summed E-state index contributed by atoms with van der Waals surface area (Å²) in [7, 11) is 4.16. The number of aryl methyl sites for hydroxylation is 1. The van der Waals surface area contributed by atoms with E-state index in [2.05, 4.69) is 71.4 Å². The Morgan fingerprint density at radius 2 is 1.77 bits per heavy atom. The van der Waals surface area contributed by atoms with Crippen LogP contribution in [0.15, 0.2) is 49.2 Å². The summed E-state index contributed by atoms with van der Waals surface area (Å²) in [5, 5.41) is 7.65. The van der Waals surface area contributed by atoms with E-state index in [0.29, 0.717) is 0 Å². The van der Waals surface area contributed by atoms with E-state index < -0.39 is 0 Å². The zero-order valence-corrected chi connectivity index (χ0v) is 13.1. The quantitative estimate of drug-likeness (QED) is 0.742. The summed E-state index contributed by atoms with van der Waals surface area (Å²) in [6.45, 7) is 3.01. The van der Waals surface area contributed by atoms with Crippen LogP contribution in [0.25, 0.3) is 16.9 Å². The number of benzene rings is 1. The molecule has 0 unspecified atom stereocenters. The van der Waals surface area contributed by atoms with Gasteiger partial charge in [-0.05, 0) is 43.8 Å². The van der Waals surface area contributed by atoms with Gasteiger partial charge in [0.1, 0.15) is 18.5 Å². The topological polar surface area (TPSA) is 46.8 Å². The van der Waals surface area contributed by atoms with E-state index >= 15 is 0 Å². The van der Waals surface area contributed by atoms with Gasteiger partial charge in [-0.25, -0.2) is 4.98 Å². The van der Waals surface area contributed by atoms with Crippen molar-refractivity contribution in [3.63, 3.8) is 0 Å². The average molecular weight is 293 g/mol. The first-order valence-electron chi connectivity index (χ1n) is 7.20. The van der Waals surface area contributed by atoms with Crippen LogP contribution in [-0.4, -0.2) is 38.7 Å². The molecule has 2 aromatic heterocycles. The van der Waals surface area contributed by atoms with E-state index in [0.717, 1.165) is 17.9 Å². The van der Waals surface area contributed by atoms with E-state index in [9.17, 15) is 0 Å². The first-order valence-corrected chi connectivity index (χ1v) is 7.20. The Hall–Kier alpha value is -2.53. The van der Waals surface area contributed by atoms with Crippen molar-refractivity contribution in [2.45, 2.75) is 13.5 Å². The van der Waals surface area contributed by atoms with Gasteiger partial charge in [0.15, 0.2) is 0 Å². The maximum Gasteiger partial charge on any atom is 0.139 e. The Morgan fingerprint density at radius 3 is 2.45 bits per heavy atom. The second-order valence-corrected chi connectivity index (χ2v) is 5.62. The van der Waals surface area contributed by atoms with E-state index in [4.69, 9.17) is 0 Å². The molecule has 1 aromatic carbocycles. The van der Waals surface area contributed by atoms with Crippen LogP contribution in [0.4, 0.5) is 0 Å². The summed E-state index contributed by atoms with van der Waals surface area (Å²) in [6.07, 6.45) is 5.24. The molecule has 3 rings (SSSR count).